The Morgan fingerprint density at radius 3 is 2.59 bits per heavy atom. The molecule has 0 saturated heterocycles. The fourth-order valence-electron chi connectivity index (χ4n) is 4.84. The van der Waals surface area contributed by atoms with E-state index in [0.717, 1.165) is 11.3 Å². The smallest absolute Gasteiger partial charge is 0.336 e. The molecule has 0 bridgehead atoms. The van der Waals surface area contributed by atoms with Gasteiger partial charge in [-0.1, -0.05) is 56.3 Å². The number of benzene rings is 2. The Bertz CT molecular complexity index is 1210. The lowest BCUT2D eigenvalue weighted by atomic mass is 9.68. The molecule has 1 heterocycles. The summed E-state index contributed by atoms with van der Waals surface area (Å²) in [6, 6.07) is 15.9. The van der Waals surface area contributed by atoms with Crippen molar-refractivity contribution in [3.05, 3.63) is 98.4 Å². The number of nitro benzene ring substituents is 1. The fourth-order valence-corrected chi connectivity index (χ4v) is 4.84. The van der Waals surface area contributed by atoms with Crippen LogP contribution in [0.2, 0.25) is 0 Å². The van der Waals surface area contributed by atoms with E-state index in [1.165, 1.54) is 12.1 Å². The zero-order valence-corrected chi connectivity index (χ0v) is 19.6. The second-order valence-electron chi connectivity index (χ2n) is 9.65. The summed E-state index contributed by atoms with van der Waals surface area (Å²) in [4.78, 5) is 37.6. The third kappa shape index (κ3) is 4.78. The molecule has 1 atom stereocenters. The number of carbonyl (C=O) groups is 2. The number of ketones is 1. The van der Waals surface area contributed by atoms with Crippen LogP contribution in [0.4, 0.5) is 5.69 Å². The quantitative estimate of drug-likeness (QED) is 0.371. The largest absolute Gasteiger partial charge is 0.462 e. The molecule has 0 aromatic heterocycles. The van der Waals surface area contributed by atoms with Crippen LogP contribution >= 0.6 is 0 Å². The maximum absolute atomic E-state index is 13.3. The molecular formula is C27H28N2O5. The number of allylic oxidation sites excluding steroid dienone is 3. The Labute approximate surface area is 198 Å². The highest BCUT2D eigenvalue weighted by Crippen LogP contribution is 2.47. The number of hydrogen-bond donors (Lipinski definition) is 1. The van der Waals surface area contributed by atoms with Gasteiger partial charge in [-0.2, -0.15) is 0 Å². The summed E-state index contributed by atoms with van der Waals surface area (Å²) in [6.45, 7) is 6.04. The first kappa shape index (κ1) is 23.4. The molecule has 176 valence electrons. The number of carbonyl (C=O) groups excluding carboxylic acids is 2. The molecule has 2 aliphatic rings. The number of nitro groups is 1. The first-order valence-electron chi connectivity index (χ1n) is 11.4. The molecule has 1 aliphatic heterocycles. The standard InChI is InChI=1S/C27H28N2O5/c1-17-23(26(31)34-13-12-18-8-5-4-6-9-18)24(19-10-7-11-20(14-19)29(32)33)25-21(28-17)15-27(2,3)16-22(25)30/h4-11,14,24,28H,12-13,15-16H2,1-3H3/t24-/m0/s1. The predicted molar refractivity (Wildman–Crippen MR) is 128 cm³/mol. The van der Waals surface area contributed by atoms with Gasteiger partial charge in [-0.25, -0.2) is 4.79 Å². The lowest BCUT2D eigenvalue weighted by Crippen LogP contribution is -2.38. The second-order valence-corrected chi connectivity index (χ2v) is 9.65. The maximum atomic E-state index is 13.3. The molecule has 0 radical (unpaired) electrons. The fraction of sp³-hybridized carbons (Fsp3) is 0.333. The van der Waals surface area contributed by atoms with Crippen LogP contribution in [0.25, 0.3) is 0 Å². The lowest BCUT2D eigenvalue weighted by Gasteiger charge is -2.39. The second kappa shape index (κ2) is 9.25. The molecule has 4 rings (SSSR count). The molecule has 1 aliphatic carbocycles. The summed E-state index contributed by atoms with van der Waals surface area (Å²) in [6.07, 6.45) is 1.55. The van der Waals surface area contributed by atoms with Crippen LogP contribution in [-0.4, -0.2) is 23.3 Å². The average molecular weight is 461 g/mol. The summed E-state index contributed by atoms with van der Waals surface area (Å²) in [7, 11) is 0. The number of hydrogen-bond acceptors (Lipinski definition) is 6. The maximum Gasteiger partial charge on any atom is 0.336 e. The van der Waals surface area contributed by atoms with Crippen LogP contribution in [0, 0.1) is 15.5 Å². The van der Waals surface area contributed by atoms with Crippen molar-refractivity contribution in [1.29, 1.82) is 0 Å². The van der Waals surface area contributed by atoms with E-state index in [2.05, 4.69) is 5.32 Å². The molecule has 34 heavy (non-hydrogen) atoms. The van der Waals surface area contributed by atoms with Gasteiger partial charge in [-0.15, -0.1) is 0 Å². The van der Waals surface area contributed by atoms with Gasteiger partial charge < -0.3 is 10.1 Å². The van der Waals surface area contributed by atoms with Crippen molar-refractivity contribution < 1.29 is 19.2 Å². The number of dihydropyridines is 1. The van der Waals surface area contributed by atoms with Crippen molar-refractivity contribution >= 4 is 17.4 Å². The average Bonchev–Trinajstić information content (AvgIpc) is 2.78. The Morgan fingerprint density at radius 2 is 1.88 bits per heavy atom. The molecule has 0 spiro atoms. The third-order valence-corrected chi connectivity index (χ3v) is 6.34. The first-order valence-corrected chi connectivity index (χ1v) is 11.4. The Balaban J connectivity index is 1.70. The van der Waals surface area contributed by atoms with Crippen LogP contribution in [-0.2, 0) is 20.7 Å². The van der Waals surface area contributed by atoms with E-state index >= 15 is 0 Å². The molecule has 7 nitrogen and oxygen atoms in total. The highest BCUT2D eigenvalue weighted by Gasteiger charge is 2.43. The van der Waals surface area contributed by atoms with Gasteiger partial charge in [0.2, 0.25) is 0 Å². The zero-order chi connectivity index (χ0) is 24.5. The SMILES string of the molecule is CC1=C(C(=O)OCCc2ccccc2)[C@H](c2cccc([N+](=O)[O-])c2)C2=C(CC(C)(C)CC2=O)N1. The van der Waals surface area contributed by atoms with Crippen molar-refractivity contribution in [2.24, 2.45) is 5.41 Å². The highest BCUT2D eigenvalue weighted by atomic mass is 16.6. The Morgan fingerprint density at radius 1 is 1.15 bits per heavy atom. The van der Waals surface area contributed by atoms with E-state index < -0.39 is 16.8 Å². The Kier molecular flexibility index (Phi) is 6.37. The molecule has 2 aromatic rings. The number of non-ortho nitro benzene ring substituents is 1. The van der Waals surface area contributed by atoms with E-state index in [1.54, 1.807) is 19.1 Å². The van der Waals surface area contributed by atoms with Crippen molar-refractivity contribution in [3.63, 3.8) is 0 Å². The number of Topliss-reactive ketones (excluding diaryl/α,β-unsaturated/α-hetero) is 1. The summed E-state index contributed by atoms with van der Waals surface area (Å²) in [5.41, 5.74) is 3.47. The topological polar surface area (TPSA) is 98.5 Å². The van der Waals surface area contributed by atoms with Crippen LogP contribution in [0.1, 0.15) is 50.7 Å². The van der Waals surface area contributed by atoms with Crippen LogP contribution in [0.3, 0.4) is 0 Å². The van der Waals surface area contributed by atoms with E-state index in [9.17, 15) is 19.7 Å². The molecule has 7 heteroatoms. The summed E-state index contributed by atoms with van der Waals surface area (Å²) in [5.74, 6) is -1.30. The van der Waals surface area contributed by atoms with E-state index in [0.29, 0.717) is 41.7 Å². The highest BCUT2D eigenvalue weighted by molar-refractivity contribution is 6.04. The molecule has 2 aromatic carbocycles. The van der Waals surface area contributed by atoms with Gasteiger partial charge in [-0.3, -0.25) is 14.9 Å². The van der Waals surface area contributed by atoms with Gasteiger partial charge in [0.15, 0.2) is 5.78 Å². The normalized spacial score (nSPS) is 19.4. The van der Waals surface area contributed by atoms with Crippen molar-refractivity contribution in [2.45, 2.75) is 46.0 Å². The lowest BCUT2D eigenvalue weighted by molar-refractivity contribution is -0.384. The van der Waals surface area contributed by atoms with Gasteiger partial charge in [0.05, 0.1) is 17.1 Å². The number of ether oxygens (including phenoxy) is 1. The molecule has 1 N–H and O–H groups in total. The minimum absolute atomic E-state index is 0.0580. The number of nitrogens with one attached hydrogen (secondary N) is 1. The molecular weight excluding hydrogens is 432 g/mol. The van der Waals surface area contributed by atoms with Crippen molar-refractivity contribution in [3.8, 4) is 0 Å². The summed E-state index contributed by atoms with van der Waals surface area (Å²) >= 11 is 0. The van der Waals surface area contributed by atoms with Gasteiger partial charge in [0.25, 0.3) is 5.69 Å². The van der Waals surface area contributed by atoms with Gasteiger partial charge in [-0.05, 0) is 29.9 Å². The predicted octanol–water partition coefficient (Wildman–Crippen LogP) is 4.98. The van der Waals surface area contributed by atoms with Crippen LogP contribution < -0.4 is 5.32 Å². The van der Waals surface area contributed by atoms with Gasteiger partial charge >= 0.3 is 5.97 Å². The third-order valence-electron chi connectivity index (χ3n) is 6.34. The van der Waals surface area contributed by atoms with Crippen LogP contribution in [0.15, 0.2) is 77.1 Å². The van der Waals surface area contributed by atoms with Crippen molar-refractivity contribution in [1.82, 2.24) is 5.32 Å². The van der Waals surface area contributed by atoms with E-state index in [-0.39, 0.29) is 23.5 Å². The minimum Gasteiger partial charge on any atom is -0.462 e. The first-order chi connectivity index (χ1) is 16.2. The zero-order valence-electron chi connectivity index (χ0n) is 19.6. The van der Waals surface area contributed by atoms with E-state index in [4.69, 9.17) is 4.74 Å². The monoisotopic (exact) mass is 460 g/mol. The van der Waals surface area contributed by atoms with Crippen LogP contribution in [0.5, 0.6) is 0 Å². The number of rotatable bonds is 6. The van der Waals surface area contributed by atoms with E-state index in [1.807, 2.05) is 44.2 Å². The summed E-state index contributed by atoms with van der Waals surface area (Å²) < 4.78 is 5.64. The summed E-state index contributed by atoms with van der Waals surface area (Å²) in [5, 5.41) is 14.7. The van der Waals surface area contributed by atoms with Gasteiger partial charge in [0, 0.05) is 47.9 Å². The molecule has 0 unspecified atom stereocenters. The molecule has 0 fully saturated rings. The molecule has 0 saturated carbocycles. The van der Waals surface area contributed by atoms with Crippen molar-refractivity contribution in [2.75, 3.05) is 6.61 Å². The van der Waals surface area contributed by atoms with Gasteiger partial charge in [0.1, 0.15) is 0 Å². The number of esters is 1. The number of nitrogens with zero attached hydrogens (tertiary/aromatic N) is 1. The molecule has 0 amide bonds. The minimum atomic E-state index is -0.719. The Hall–Kier alpha value is -3.74.